The summed E-state index contributed by atoms with van der Waals surface area (Å²) in [6.07, 6.45) is 3.91. The highest BCUT2D eigenvalue weighted by Crippen LogP contribution is 2.31. The van der Waals surface area contributed by atoms with Gasteiger partial charge in [0.1, 0.15) is 11.9 Å². The number of fused-ring (bicyclic) bond motifs is 1. The predicted molar refractivity (Wildman–Crippen MR) is 102 cm³/mol. The maximum absolute atomic E-state index is 11.6. The minimum Gasteiger partial charge on any atom is -0.487 e. The summed E-state index contributed by atoms with van der Waals surface area (Å²) in [6.45, 7) is 6.68. The number of carboxylic acids is 1. The molecule has 144 valence electrons. The quantitative estimate of drug-likeness (QED) is 0.848. The van der Waals surface area contributed by atoms with Gasteiger partial charge in [-0.1, -0.05) is 25.1 Å². The maximum atomic E-state index is 11.6. The maximum Gasteiger partial charge on any atom is 0.356 e. The Hall–Kier alpha value is -2.34. The molecule has 1 aliphatic heterocycles. The molecule has 27 heavy (non-hydrogen) atoms. The van der Waals surface area contributed by atoms with E-state index < -0.39 is 5.97 Å². The molecular weight excluding hydrogens is 342 g/mol. The molecule has 1 N–H and O–H groups in total. The van der Waals surface area contributed by atoms with Crippen LogP contribution in [0.5, 0.6) is 5.75 Å². The minimum atomic E-state index is -0.917. The number of aromatic carboxylic acids is 1. The van der Waals surface area contributed by atoms with Crippen LogP contribution in [0.15, 0.2) is 24.3 Å². The van der Waals surface area contributed by atoms with Crippen LogP contribution in [0, 0.1) is 0 Å². The van der Waals surface area contributed by atoms with Crippen molar-refractivity contribution in [3.63, 3.8) is 0 Å². The van der Waals surface area contributed by atoms with Crippen molar-refractivity contribution < 1.29 is 14.6 Å². The molecule has 6 heteroatoms. The van der Waals surface area contributed by atoms with Gasteiger partial charge in [0.05, 0.1) is 0 Å². The molecule has 1 aliphatic carbocycles. The van der Waals surface area contributed by atoms with Crippen LogP contribution in [0.25, 0.3) is 0 Å². The number of rotatable bonds is 6. The van der Waals surface area contributed by atoms with E-state index in [0.717, 1.165) is 62.3 Å². The second-order valence-corrected chi connectivity index (χ2v) is 7.45. The second-order valence-electron chi connectivity index (χ2n) is 7.45. The van der Waals surface area contributed by atoms with E-state index in [2.05, 4.69) is 29.1 Å². The van der Waals surface area contributed by atoms with E-state index in [9.17, 15) is 9.90 Å². The molecule has 1 atom stereocenters. The number of benzene rings is 1. The van der Waals surface area contributed by atoms with E-state index in [1.807, 2.05) is 23.7 Å². The molecule has 0 saturated carbocycles. The molecule has 6 nitrogen and oxygen atoms in total. The molecule has 1 unspecified atom stereocenters. The predicted octanol–water partition coefficient (Wildman–Crippen LogP) is 2.78. The van der Waals surface area contributed by atoms with Crippen LogP contribution in [0.1, 0.15) is 47.6 Å². The van der Waals surface area contributed by atoms with E-state index >= 15 is 0 Å². The van der Waals surface area contributed by atoms with Crippen LogP contribution in [0.4, 0.5) is 0 Å². The fraction of sp³-hybridized carbons (Fsp3) is 0.524. The van der Waals surface area contributed by atoms with Gasteiger partial charge in [-0.15, -0.1) is 0 Å². The Morgan fingerprint density at radius 1 is 1.30 bits per heavy atom. The van der Waals surface area contributed by atoms with Crippen LogP contribution in [0.3, 0.4) is 0 Å². The van der Waals surface area contributed by atoms with Gasteiger partial charge in [-0.05, 0) is 44.2 Å². The number of aromatic nitrogens is 2. The lowest BCUT2D eigenvalue weighted by Crippen LogP contribution is -2.59. The van der Waals surface area contributed by atoms with Gasteiger partial charge in [0.15, 0.2) is 5.69 Å². The number of hydrogen-bond donors (Lipinski definition) is 1. The molecular formula is C21H27N3O3. The van der Waals surface area contributed by atoms with Crippen molar-refractivity contribution in [2.75, 3.05) is 13.1 Å². The Morgan fingerprint density at radius 3 is 2.78 bits per heavy atom. The van der Waals surface area contributed by atoms with E-state index in [4.69, 9.17) is 4.74 Å². The molecule has 2 aliphatic rings. The summed E-state index contributed by atoms with van der Waals surface area (Å²) in [5.74, 6) is 0.0769. The average molecular weight is 369 g/mol. The SMILES string of the molecule is CCc1ccccc1OC1CN(C2CCc3c(c(C(=O)O)nn3CC)C2)C1. The van der Waals surface area contributed by atoms with E-state index in [1.54, 1.807) is 0 Å². The average Bonchev–Trinajstić information content (AvgIpc) is 3.02. The lowest BCUT2D eigenvalue weighted by molar-refractivity contribution is -0.0133. The van der Waals surface area contributed by atoms with E-state index in [-0.39, 0.29) is 11.8 Å². The number of nitrogens with zero attached hydrogens (tertiary/aromatic N) is 3. The summed E-state index contributed by atoms with van der Waals surface area (Å²) in [5, 5.41) is 13.8. The molecule has 0 bridgehead atoms. The van der Waals surface area contributed by atoms with Crippen LogP contribution < -0.4 is 4.74 Å². The van der Waals surface area contributed by atoms with Crippen molar-refractivity contribution in [3.8, 4) is 5.75 Å². The van der Waals surface area contributed by atoms with Crippen LogP contribution in [0.2, 0.25) is 0 Å². The first kappa shape index (κ1) is 18.0. The van der Waals surface area contributed by atoms with Gasteiger partial charge in [-0.25, -0.2) is 4.79 Å². The largest absolute Gasteiger partial charge is 0.487 e. The second kappa shape index (κ2) is 7.35. The Balaban J connectivity index is 1.40. The fourth-order valence-electron chi connectivity index (χ4n) is 4.35. The van der Waals surface area contributed by atoms with Gasteiger partial charge in [0, 0.05) is 36.9 Å². The molecule has 1 aromatic carbocycles. The van der Waals surface area contributed by atoms with Gasteiger partial charge >= 0.3 is 5.97 Å². The molecule has 4 rings (SSSR count). The molecule has 1 saturated heterocycles. The first-order valence-electron chi connectivity index (χ1n) is 9.91. The number of likely N-dealkylation sites (tertiary alicyclic amines) is 1. The third kappa shape index (κ3) is 3.34. The number of aryl methyl sites for hydroxylation is 2. The highest BCUT2D eigenvalue weighted by molar-refractivity contribution is 5.87. The summed E-state index contributed by atoms with van der Waals surface area (Å²) in [6, 6.07) is 8.62. The zero-order chi connectivity index (χ0) is 19.0. The van der Waals surface area contributed by atoms with Gasteiger partial charge in [-0.2, -0.15) is 5.10 Å². The third-order valence-electron chi connectivity index (χ3n) is 5.86. The topological polar surface area (TPSA) is 67.6 Å². The third-order valence-corrected chi connectivity index (χ3v) is 5.86. The lowest BCUT2D eigenvalue weighted by atomic mass is 9.88. The van der Waals surface area contributed by atoms with Crippen molar-refractivity contribution in [1.29, 1.82) is 0 Å². The number of hydrogen-bond acceptors (Lipinski definition) is 4. The molecule has 1 fully saturated rings. The molecule has 1 aromatic heterocycles. The summed E-state index contributed by atoms with van der Waals surface area (Å²) in [5.41, 5.74) is 3.52. The monoisotopic (exact) mass is 369 g/mol. The van der Waals surface area contributed by atoms with E-state index in [1.165, 1.54) is 5.56 Å². The summed E-state index contributed by atoms with van der Waals surface area (Å²) in [4.78, 5) is 14.0. The first-order valence-corrected chi connectivity index (χ1v) is 9.91. The minimum absolute atomic E-state index is 0.219. The Labute approximate surface area is 159 Å². The van der Waals surface area contributed by atoms with Crippen LogP contribution in [-0.2, 0) is 25.8 Å². The number of ether oxygens (including phenoxy) is 1. The molecule has 2 heterocycles. The number of para-hydroxylation sites is 1. The lowest BCUT2D eigenvalue weighted by Gasteiger charge is -2.45. The Morgan fingerprint density at radius 2 is 2.07 bits per heavy atom. The highest BCUT2D eigenvalue weighted by atomic mass is 16.5. The van der Waals surface area contributed by atoms with Crippen molar-refractivity contribution in [2.45, 2.75) is 58.2 Å². The van der Waals surface area contributed by atoms with Crippen molar-refractivity contribution in [1.82, 2.24) is 14.7 Å². The fourth-order valence-corrected chi connectivity index (χ4v) is 4.35. The standard InChI is InChI=1S/C21H27N3O3/c1-3-14-7-5-6-8-19(14)27-16-12-23(13-16)15-9-10-18-17(11-15)20(21(25)26)22-24(18)4-2/h5-8,15-16H,3-4,9-13H2,1-2H3,(H,25,26). The van der Waals surface area contributed by atoms with Gasteiger partial charge < -0.3 is 9.84 Å². The smallest absolute Gasteiger partial charge is 0.356 e. The summed E-state index contributed by atoms with van der Waals surface area (Å²) in [7, 11) is 0. The molecule has 0 radical (unpaired) electrons. The Kier molecular flexibility index (Phi) is 4.91. The molecule has 0 amide bonds. The first-order chi connectivity index (χ1) is 13.1. The van der Waals surface area contributed by atoms with Crippen molar-refractivity contribution >= 4 is 5.97 Å². The zero-order valence-corrected chi connectivity index (χ0v) is 16.0. The van der Waals surface area contributed by atoms with Crippen molar-refractivity contribution in [3.05, 3.63) is 46.8 Å². The summed E-state index contributed by atoms with van der Waals surface area (Å²) < 4.78 is 8.05. The van der Waals surface area contributed by atoms with E-state index in [0.29, 0.717) is 6.04 Å². The Bertz CT molecular complexity index is 839. The summed E-state index contributed by atoms with van der Waals surface area (Å²) >= 11 is 0. The number of carboxylic acid groups (broad SMARTS) is 1. The van der Waals surface area contributed by atoms with Crippen molar-refractivity contribution in [2.24, 2.45) is 0 Å². The zero-order valence-electron chi connectivity index (χ0n) is 16.0. The number of carbonyl (C=O) groups is 1. The highest BCUT2D eigenvalue weighted by Gasteiger charge is 2.38. The van der Waals surface area contributed by atoms with Crippen LogP contribution in [-0.4, -0.2) is 51.0 Å². The van der Waals surface area contributed by atoms with Gasteiger partial charge in [0.2, 0.25) is 0 Å². The normalized spacial score (nSPS) is 20.1. The van der Waals surface area contributed by atoms with Gasteiger partial charge in [0.25, 0.3) is 0 Å². The van der Waals surface area contributed by atoms with Crippen LogP contribution >= 0.6 is 0 Å². The molecule has 0 spiro atoms. The van der Waals surface area contributed by atoms with Gasteiger partial charge in [-0.3, -0.25) is 9.58 Å². The molecule has 2 aromatic rings.